The quantitative estimate of drug-likeness (QED) is 0.377. The van der Waals surface area contributed by atoms with Crippen molar-refractivity contribution >= 4 is 5.84 Å². The van der Waals surface area contributed by atoms with Crippen molar-refractivity contribution in [1.82, 2.24) is 4.90 Å². The number of halogens is 5. The lowest BCUT2D eigenvalue weighted by Crippen LogP contribution is -2.28. The molecule has 0 saturated heterocycles. The van der Waals surface area contributed by atoms with Gasteiger partial charge in [-0.25, -0.2) is 8.78 Å². The Kier molecular flexibility index (Phi) is 5.53. The van der Waals surface area contributed by atoms with E-state index in [1.54, 1.807) is 24.3 Å². The summed E-state index contributed by atoms with van der Waals surface area (Å²) in [6.07, 6.45) is -2.81. The van der Waals surface area contributed by atoms with Crippen LogP contribution in [-0.2, 0) is 0 Å². The molecule has 162 valence electrons. The number of hydrogen-bond acceptors (Lipinski definition) is 4. The van der Waals surface area contributed by atoms with Gasteiger partial charge in [-0.05, 0) is 41.0 Å². The lowest BCUT2D eigenvalue weighted by atomic mass is 10.00. The van der Waals surface area contributed by atoms with Gasteiger partial charge in [0.25, 0.3) is 0 Å². The molecule has 3 aromatic rings. The zero-order valence-corrected chi connectivity index (χ0v) is 16.3. The molecule has 1 unspecified atom stereocenters. The van der Waals surface area contributed by atoms with Crippen LogP contribution in [0, 0.1) is 23.1 Å². The molecule has 0 saturated carbocycles. The fraction of sp³-hybridized carbons (Fsp3) is 0.130. The van der Waals surface area contributed by atoms with E-state index in [1.807, 2.05) is 6.19 Å². The standard InChI is InChI=1S/C23H14F5N3O/c24-18-2-1-3-19(25)21(18)22-30-12-20(31(22)13-29)16-6-4-14(5-7-16)15-8-10-17(11-9-15)32-23(26,27)28/h1-11,20H,12H2. The van der Waals surface area contributed by atoms with E-state index in [-0.39, 0.29) is 23.7 Å². The highest BCUT2D eigenvalue weighted by molar-refractivity contribution is 6.01. The molecule has 0 fully saturated rings. The van der Waals surface area contributed by atoms with Gasteiger partial charge in [-0.3, -0.25) is 9.89 Å². The first-order valence-electron chi connectivity index (χ1n) is 9.41. The molecule has 0 bridgehead atoms. The Morgan fingerprint density at radius 3 is 2.00 bits per heavy atom. The minimum atomic E-state index is -4.76. The number of amidine groups is 1. The van der Waals surface area contributed by atoms with Crippen LogP contribution in [0.1, 0.15) is 17.2 Å². The SMILES string of the molecule is N#CN1C(c2c(F)cccc2F)=NCC1c1ccc(-c2ccc(OC(F)(F)F)cc2)cc1. The van der Waals surface area contributed by atoms with Crippen LogP contribution in [-0.4, -0.2) is 23.6 Å². The van der Waals surface area contributed by atoms with Crippen molar-refractivity contribution in [3.8, 4) is 23.1 Å². The monoisotopic (exact) mass is 443 g/mol. The van der Waals surface area contributed by atoms with Crippen molar-refractivity contribution in [2.75, 3.05) is 6.54 Å². The van der Waals surface area contributed by atoms with E-state index >= 15 is 0 Å². The molecule has 32 heavy (non-hydrogen) atoms. The zero-order valence-electron chi connectivity index (χ0n) is 16.3. The molecule has 4 nitrogen and oxygen atoms in total. The minimum Gasteiger partial charge on any atom is -0.406 e. The highest BCUT2D eigenvalue weighted by Gasteiger charge is 2.33. The molecular formula is C23H14F5N3O. The van der Waals surface area contributed by atoms with Crippen LogP contribution < -0.4 is 4.74 Å². The van der Waals surface area contributed by atoms with Gasteiger partial charge in [0.2, 0.25) is 0 Å². The summed E-state index contributed by atoms with van der Waals surface area (Å²) >= 11 is 0. The summed E-state index contributed by atoms with van der Waals surface area (Å²) in [4.78, 5) is 5.36. The number of alkyl halides is 3. The Morgan fingerprint density at radius 1 is 0.906 bits per heavy atom. The van der Waals surface area contributed by atoms with Gasteiger partial charge in [-0.15, -0.1) is 13.2 Å². The van der Waals surface area contributed by atoms with Gasteiger partial charge in [0.15, 0.2) is 12.0 Å². The van der Waals surface area contributed by atoms with Crippen LogP contribution in [0.25, 0.3) is 11.1 Å². The molecule has 1 aliphatic rings. The van der Waals surface area contributed by atoms with E-state index in [9.17, 15) is 27.2 Å². The molecule has 0 amide bonds. The average Bonchev–Trinajstić information content (AvgIpc) is 3.17. The molecule has 0 aromatic heterocycles. The van der Waals surface area contributed by atoms with Crippen LogP contribution >= 0.6 is 0 Å². The lowest BCUT2D eigenvalue weighted by molar-refractivity contribution is -0.274. The average molecular weight is 443 g/mol. The minimum absolute atomic E-state index is 0.0718. The number of nitriles is 1. The number of hydrogen-bond donors (Lipinski definition) is 0. The molecule has 0 N–H and O–H groups in total. The van der Waals surface area contributed by atoms with Gasteiger partial charge >= 0.3 is 6.36 Å². The second-order valence-electron chi connectivity index (χ2n) is 6.94. The predicted molar refractivity (Wildman–Crippen MR) is 107 cm³/mol. The van der Waals surface area contributed by atoms with Gasteiger partial charge in [0, 0.05) is 0 Å². The van der Waals surface area contributed by atoms with Crippen LogP contribution in [0.2, 0.25) is 0 Å². The third-order valence-electron chi connectivity index (χ3n) is 4.96. The number of rotatable bonds is 4. The van der Waals surface area contributed by atoms with Crippen molar-refractivity contribution in [3.63, 3.8) is 0 Å². The topological polar surface area (TPSA) is 48.6 Å². The van der Waals surface area contributed by atoms with Gasteiger partial charge in [-0.1, -0.05) is 42.5 Å². The zero-order chi connectivity index (χ0) is 22.9. The molecule has 0 radical (unpaired) electrons. The van der Waals surface area contributed by atoms with Gasteiger partial charge in [0.05, 0.1) is 18.2 Å². The first-order chi connectivity index (χ1) is 15.3. The summed E-state index contributed by atoms with van der Waals surface area (Å²) in [5, 5.41) is 9.61. The summed E-state index contributed by atoms with van der Waals surface area (Å²) in [6, 6.07) is 15.3. The maximum Gasteiger partial charge on any atom is 0.573 e. The van der Waals surface area contributed by atoms with Crippen molar-refractivity contribution in [2.45, 2.75) is 12.4 Å². The molecule has 4 rings (SSSR count). The summed E-state index contributed by atoms with van der Waals surface area (Å²) in [6.45, 7) is 0.138. The van der Waals surface area contributed by atoms with Gasteiger partial charge in [0.1, 0.15) is 17.4 Å². The number of ether oxygens (including phenoxy) is 1. The number of aliphatic imine (C=N–C) groups is 1. The molecule has 1 heterocycles. The van der Waals surface area contributed by atoms with Crippen LogP contribution in [0.3, 0.4) is 0 Å². The van der Waals surface area contributed by atoms with Gasteiger partial charge < -0.3 is 4.74 Å². The van der Waals surface area contributed by atoms with Crippen LogP contribution in [0.5, 0.6) is 5.75 Å². The summed E-state index contributed by atoms with van der Waals surface area (Å²) in [7, 11) is 0. The van der Waals surface area contributed by atoms with Gasteiger partial charge in [-0.2, -0.15) is 5.26 Å². The molecule has 1 atom stereocenters. The Morgan fingerprint density at radius 2 is 1.47 bits per heavy atom. The van der Waals surface area contributed by atoms with Crippen LogP contribution in [0.15, 0.2) is 71.7 Å². The first-order valence-corrected chi connectivity index (χ1v) is 9.41. The second-order valence-corrected chi connectivity index (χ2v) is 6.94. The highest BCUT2D eigenvalue weighted by atomic mass is 19.4. The Balaban J connectivity index is 1.54. The van der Waals surface area contributed by atoms with E-state index in [1.165, 1.54) is 35.2 Å². The van der Waals surface area contributed by atoms with Crippen molar-refractivity contribution in [2.24, 2.45) is 4.99 Å². The van der Waals surface area contributed by atoms with Crippen molar-refractivity contribution in [3.05, 3.63) is 89.5 Å². The van der Waals surface area contributed by atoms with E-state index in [2.05, 4.69) is 9.73 Å². The third kappa shape index (κ3) is 4.25. The molecule has 0 spiro atoms. The second kappa shape index (κ2) is 8.30. The lowest BCUT2D eigenvalue weighted by Gasteiger charge is -2.21. The Hall–Kier alpha value is -3.93. The molecule has 3 aromatic carbocycles. The normalized spacial score (nSPS) is 15.9. The maximum atomic E-state index is 14.2. The van der Waals surface area contributed by atoms with E-state index < -0.39 is 24.0 Å². The fourth-order valence-corrected chi connectivity index (χ4v) is 3.51. The summed E-state index contributed by atoms with van der Waals surface area (Å²) < 4.78 is 69.1. The van der Waals surface area contributed by atoms with Crippen molar-refractivity contribution < 1.29 is 26.7 Å². The largest absolute Gasteiger partial charge is 0.573 e. The fourth-order valence-electron chi connectivity index (χ4n) is 3.51. The van der Waals surface area contributed by atoms with E-state index in [0.717, 1.165) is 17.7 Å². The maximum absolute atomic E-state index is 14.2. The molecular weight excluding hydrogens is 429 g/mol. The third-order valence-corrected chi connectivity index (χ3v) is 4.96. The Bertz CT molecular complexity index is 1180. The van der Waals surface area contributed by atoms with Crippen LogP contribution in [0.4, 0.5) is 22.0 Å². The number of benzene rings is 3. The Labute approximate surface area is 179 Å². The molecule has 1 aliphatic heterocycles. The van der Waals surface area contributed by atoms with Crippen molar-refractivity contribution in [1.29, 1.82) is 5.26 Å². The molecule has 9 heteroatoms. The highest BCUT2D eigenvalue weighted by Crippen LogP contribution is 2.32. The van der Waals surface area contributed by atoms with E-state index in [4.69, 9.17) is 0 Å². The predicted octanol–water partition coefficient (Wildman–Crippen LogP) is 5.81. The smallest absolute Gasteiger partial charge is 0.406 e. The summed E-state index contributed by atoms with van der Waals surface area (Å²) in [5.41, 5.74) is 1.74. The summed E-state index contributed by atoms with van der Waals surface area (Å²) in [5.74, 6) is -2.01. The first kappa shape index (κ1) is 21.3. The van der Waals surface area contributed by atoms with E-state index in [0.29, 0.717) is 11.1 Å². The number of nitrogens with zero attached hydrogens (tertiary/aromatic N) is 3. The molecule has 0 aliphatic carbocycles.